The van der Waals surface area contributed by atoms with Crippen molar-refractivity contribution in [3.05, 3.63) is 41.0 Å². The van der Waals surface area contributed by atoms with Crippen LogP contribution in [0.15, 0.2) is 29.8 Å². The zero-order valence-electron chi connectivity index (χ0n) is 22.4. The van der Waals surface area contributed by atoms with Crippen LogP contribution >= 0.6 is 11.3 Å². The predicted molar refractivity (Wildman–Crippen MR) is 144 cm³/mol. The monoisotopic (exact) mass is 512 g/mol. The Morgan fingerprint density at radius 1 is 1.19 bits per heavy atom. The van der Waals surface area contributed by atoms with Gasteiger partial charge in [-0.2, -0.15) is 0 Å². The number of likely N-dealkylation sites (tertiary alicyclic amines) is 1. The molecule has 0 saturated carbocycles. The van der Waals surface area contributed by atoms with Crippen LogP contribution in [-0.2, 0) is 20.9 Å². The molecule has 0 unspecified atom stereocenters. The van der Waals surface area contributed by atoms with Gasteiger partial charge >= 0.3 is 0 Å². The molecule has 1 aliphatic rings. The van der Waals surface area contributed by atoms with Crippen LogP contribution in [0, 0.1) is 18.3 Å². The Hall–Kier alpha value is -2.74. The van der Waals surface area contributed by atoms with E-state index in [2.05, 4.69) is 22.5 Å². The van der Waals surface area contributed by atoms with E-state index in [-0.39, 0.29) is 23.6 Å². The summed E-state index contributed by atoms with van der Waals surface area (Å²) in [5.41, 5.74) is 4.49. The Kier molecular flexibility index (Phi) is 9.28. The second kappa shape index (κ2) is 12.0. The number of hydrogen-bond acceptors (Lipinski definition) is 5. The first-order chi connectivity index (χ1) is 17.0. The molecule has 196 valence electrons. The number of aromatic nitrogens is 1. The highest BCUT2D eigenvalue weighted by Gasteiger charge is 2.43. The van der Waals surface area contributed by atoms with Crippen LogP contribution in [0.25, 0.3) is 10.4 Å². The molecule has 1 aromatic heterocycles. The molecule has 0 aliphatic carbocycles. The second-order valence-corrected chi connectivity index (χ2v) is 11.9. The van der Waals surface area contributed by atoms with E-state index in [0.717, 1.165) is 34.5 Å². The molecule has 3 atom stereocenters. The standard InChI is InChI=1S/C28H40N4O3S/c1-7-8-9-23(33)31-25(28(4,5)6)27(35)32-16-18(2)14-22(32)26(34)29-15-20-10-12-21(13-11-20)24-19(3)30-17-36-24/h10-13,17-18,22,25H,7-9,14-16H2,1-6H3,(H,29,34)(H,31,33)/t18-,22+,25-/m1/s1. The molecule has 1 fully saturated rings. The summed E-state index contributed by atoms with van der Waals surface area (Å²) in [5, 5.41) is 5.98. The normalized spacial score (nSPS) is 18.7. The maximum absolute atomic E-state index is 13.6. The number of hydrogen-bond donors (Lipinski definition) is 2. The van der Waals surface area contributed by atoms with Crippen molar-refractivity contribution >= 4 is 29.1 Å². The van der Waals surface area contributed by atoms with E-state index in [1.54, 1.807) is 16.2 Å². The number of benzene rings is 1. The van der Waals surface area contributed by atoms with Gasteiger partial charge in [-0.25, -0.2) is 4.98 Å². The third kappa shape index (κ3) is 6.93. The number of aryl methyl sites for hydroxylation is 1. The van der Waals surface area contributed by atoms with E-state index in [4.69, 9.17) is 0 Å². The van der Waals surface area contributed by atoms with Crippen LogP contribution in [0.4, 0.5) is 0 Å². The molecule has 2 N–H and O–H groups in total. The number of thiazole rings is 1. The van der Waals surface area contributed by atoms with Crippen LogP contribution in [0.3, 0.4) is 0 Å². The third-order valence-corrected chi connectivity index (χ3v) is 7.68. The first kappa shape index (κ1) is 27.8. The second-order valence-electron chi connectivity index (χ2n) is 11.0. The molecule has 1 saturated heterocycles. The van der Waals surface area contributed by atoms with Crippen LogP contribution in [-0.4, -0.2) is 46.2 Å². The predicted octanol–water partition coefficient (Wildman–Crippen LogP) is 4.69. The van der Waals surface area contributed by atoms with Gasteiger partial charge in [0.15, 0.2) is 0 Å². The Morgan fingerprint density at radius 3 is 2.47 bits per heavy atom. The van der Waals surface area contributed by atoms with Gasteiger partial charge in [0.1, 0.15) is 12.1 Å². The summed E-state index contributed by atoms with van der Waals surface area (Å²) in [5.74, 6) is -0.237. The quantitative estimate of drug-likeness (QED) is 0.510. The summed E-state index contributed by atoms with van der Waals surface area (Å²) in [6, 6.07) is 6.90. The van der Waals surface area contributed by atoms with Gasteiger partial charge in [0.05, 0.1) is 16.1 Å². The van der Waals surface area contributed by atoms with E-state index >= 15 is 0 Å². The first-order valence-corrected chi connectivity index (χ1v) is 13.8. The highest BCUT2D eigenvalue weighted by molar-refractivity contribution is 7.13. The number of unbranched alkanes of at least 4 members (excludes halogenated alkanes) is 1. The molecule has 3 rings (SSSR count). The van der Waals surface area contributed by atoms with E-state index < -0.39 is 17.5 Å². The van der Waals surface area contributed by atoms with Gasteiger partial charge in [0, 0.05) is 19.5 Å². The summed E-state index contributed by atoms with van der Waals surface area (Å²) in [4.78, 5) is 46.5. The Labute approximate surface area is 219 Å². The summed E-state index contributed by atoms with van der Waals surface area (Å²) >= 11 is 1.61. The lowest BCUT2D eigenvalue weighted by Crippen LogP contribution is -2.57. The lowest BCUT2D eigenvalue weighted by molar-refractivity contribution is -0.144. The fraction of sp³-hybridized carbons (Fsp3) is 0.571. The topological polar surface area (TPSA) is 91.4 Å². The third-order valence-electron chi connectivity index (χ3n) is 6.70. The molecular weight excluding hydrogens is 472 g/mol. The number of carbonyl (C=O) groups excluding carboxylic acids is 3. The average Bonchev–Trinajstić information content (AvgIpc) is 3.44. The van der Waals surface area contributed by atoms with Gasteiger partial charge < -0.3 is 15.5 Å². The molecule has 2 heterocycles. The summed E-state index contributed by atoms with van der Waals surface area (Å²) in [7, 11) is 0. The van der Waals surface area contributed by atoms with Gasteiger partial charge in [-0.15, -0.1) is 11.3 Å². The summed E-state index contributed by atoms with van der Waals surface area (Å²) in [6.07, 6.45) is 2.72. The van der Waals surface area contributed by atoms with Gasteiger partial charge in [-0.1, -0.05) is 65.3 Å². The molecule has 0 bridgehead atoms. The maximum atomic E-state index is 13.6. The molecule has 1 aromatic carbocycles. The van der Waals surface area contributed by atoms with Crippen LogP contribution < -0.4 is 10.6 Å². The Morgan fingerprint density at radius 2 is 1.89 bits per heavy atom. The minimum atomic E-state index is -0.676. The number of nitrogens with one attached hydrogen (secondary N) is 2. The summed E-state index contributed by atoms with van der Waals surface area (Å²) < 4.78 is 0. The van der Waals surface area contributed by atoms with Crippen molar-refractivity contribution in [1.29, 1.82) is 0 Å². The minimum absolute atomic E-state index is 0.115. The molecule has 0 spiro atoms. The number of nitrogens with zero attached hydrogens (tertiary/aromatic N) is 2. The maximum Gasteiger partial charge on any atom is 0.246 e. The van der Waals surface area contributed by atoms with Crippen LogP contribution in [0.1, 0.15) is 71.6 Å². The zero-order chi connectivity index (χ0) is 26.5. The number of carbonyl (C=O) groups is 3. The van der Waals surface area contributed by atoms with E-state index in [0.29, 0.717) is 25.9 Å². The van der Waals surface area contributed by atoms with Crippen molar-refractivity contribution in [3.8, 4) is 10.4 Å². The smallest absolute Gasteiger partial charge is 0.246 e. The fourth-order valence-electron chi connectivity index (χ4n) is 4.58. The lowest BCUT2D eigenvalue weighted by atomic mass is 9.85. The minimum Gasteiger partial charge on any atom is -0.350 e. The van der Waals surface area contributed by atoms with Crippen molar-refractivity contribution in [1.82, 2.24) is 20.5 Å². The molecule has 7 nitrogen and oxygen atoms in total. The number of amides is 3. The SMILES string of the molecule is CCCCC(=O)N[C@H](C(=O)N1C[C@H](C)C[C@H]1C(=O)NCc1ccc(-c2scnc2C)cc1)C(C)(C)C. The van der Waals surface area contributed by atoms with Gasteiger partial charge in [-0.05, 0) is 42.2 Å². The van der Waals surface area contributed by atoms with E-state index in [1.165, 1.54) is 0 Å². The van der Waals surface area contributed by atoms with Crippen molar-refractivity contribution in [3.63, 3.8) is 0 Å². The van der Waals surface area contributed by atoms with Crippen LogP contribution in [0.5, 0.6) is 0 Å². The molecule has 36 heavy (non-hydrogen) atoms. The zero-order valence-corrected chi connectivity index (χ0v) is 23.2. The molecule has 8 heteroatoms. The Balaban J connectivity index is 1.66. The first-order valence-electron chi connectivity index (χ1n) is 12.9. The van der Waals surface area contributed by atoms with Crippen LogP contribution in [0.2, 0.25) is 0 Å². The van der Waals surface area contributed by atoms with Crippen molar-refractivity contribution in [2.24, 2.45) is 11.3 Å². The van der Waals surface area contributed by atoms with E-state index in [1.807, 2.05) is 64.4 Å². The lowest BCUT2D eigenvalue weighted by Gasteiger charge is -2.35. The Bertz CT molecular complexity index is 1060. The van der Waals surface area contributed by atoms with Crippen molar-refractivity contribution in [2.75, 3.05) is 6.54 Å². The summed E-state index contributed by atoms with van der Waals surface area (Å²) in [6.45, 7) is 12.8. The number of rotatable bonds is 9. The largest absolute Gasteiger partial charge is 0.350 e. The molecule has 0 radical (unpaired) electrons. The fourth-order valence-corrected chi connectivity index (χ4v) is 5.39. The highest BCUT2D eigenvalue weighted by Crippen LogP contribution is 2.29. The molecule has 3 amide bonds. The van der Waals surface area contributed by atoms with Crippen molar-refractivity contribution in [2.45, 2.75) is 85.9 Å². The molecule has 1 aliphatic heterocycles. The van der Waals surface area contributed by atoms with Gasteiger partial charge in [0.2, 0.25) is 17.7 Å². The molecular formula is C28H40N4O3S. The van der Waals surface area contributed by atoms with E-state index in [9.17, 15) is 14.4 Å². The average molecular weight is 513 g/mol. The van der Waals surface area contributed by atoms with Gasteiger partial charge in [-0.3, -0.25) is 14.4 Å². The highest BCUT2D eigenvalue weighted by atomic mass is 32.1. The van der Waals surface area contributed by atoms with Crippen molar-refractivity contribution < 1.29 is 14.4 Å². The van der Waals surface area contributed by atoms with Gasteiger partial charge in [0.25, 0.3) is 0 Å². The molecule has 2 aromatic rings.